The Morgan fingerprint density at radius 3 is 2.59 bits per heavy atom. The van der Waals surface area contributed by atoms with Crippen LogP contribution in [-0.4, -0.2) is 38.1 Å². The van der Waals surface area contributed by atoms with Gasteiger partial charge in [-0.15, -0.1) is 0 Å². The predicted octanol–water partition coefficient (Wildman–Crippen LogP) is 0.479. The fraction of sp³-hybridized carbons (Fsp3) is 0.625. The first kappa shape index (κ1) is 12.8. The molecule has 17 heavy (non-hydrogen) atoms. The van der Waals surface area contributed by atoms with Crippen molar-refractivity contribution in [2.75, 3.05) is 11.5 Å². The van der Waals surface area contributed by atoms with E-state index in [4.69, 9.17) is 10.7 Å². The van der Waals surface area contributed by atoms with Crippen LogP contribution >= 0.6 is 10.7 Å². The summed E-state index contributed by atoms with van der Waals surface area (Å²) in [6.07, 6.45) is 1.61. The third-order valence-corrected chi connectivity index (χ3v) is 5.99. The minimum Gasteiger partial charge on any atom is -0.264 e. The van der Waals surface area contributed by atoms with Gasteiger partial charge in [0, 0.05) is 10.7 Å². The second-order valence-corrected chi connectivity index (χ2v) is 8.80. The zero-order valence-corrected chi connectivity index (χ0v) is 11.4. The van der Waals surface area contributed by atoms with E-state index in [2.05, 4.69) is 5.10 Å². The van der Waals surface area contributed by atoms with Crippen LogP contribution in [0.5, 0.6) is 0 Å². The lowest BCUT2D eigenvalue weighted by molar-refractivity contribution is 0.486. The van der Waals surface area contributed by atoms with Crippen molar-refractivity contribution in [3.8, 4) is 0 Å². The highest BCUT2D eigenvalue weighted by atomic mass is 35.7. The van der Waals surface area contributed by atoms with Crippen LogP contribution in [0.1, 0.15) is 18.2 Å². The Morgan fingerprint density at radius 2 is 2.18 bits per heavy atom. The van der Waals surface area contributed by atoms with E-state index in [1.807, 2.05) is 0 Å². The van der Waals surface area contributed by atoms with Gasteiger partial charge in [0.05, 0.1) is 29.4 Å². The van der Waals surface area contributed by atoms with E-state index in [-0.39, 0.29) is 22.4 Å². The number of hydrogen-bond acceptors (Lipinski definition) is 5. The normalized spacial score (nSPS) is 24.0. The molecule has 0 radical (unpaired) electrons. The van der Waals surface area contributed by atoms with E-state index in [1.54, 1.807) is 6.92 Å². The number of halogens is 1. The molecule has 0 spiro atoms. The molecule has 1 aromatic rings. The van der Waals surface area contributed by atoms with Crippen molar-refractivity contribution in [3.63, 3.8) is 0 Å². The predicted molar refractivity (Wildman–Crippen MR) is 62.3 cm³/mol. The zero-order chi connectivity index (χ0) is 12.8. The molecule has 96 valence electrons. The zero-order valence-electron chi connectivity index (χ0n) is 9.00. The van der Waals surface area contributed by atoms with E-state index < -0.39 is 18.9 Å². The first-order valence-corrected chi connectivity index (χ1v) is 9.03. The summed E-state index contributed by atoms with van der Waals surface area (Å²) in [7, 11) is -1.62. The Kier molecular flexibility index (Phi) is 2.99. The molecular formula is C8H11ClN2O4S2. The molecule has 1 aliphatic heterocycles. The molecule has 9 heteroatoms. The van der Waals surface area contributed by atoms with E-state index in [0.717, 1.165) is 6.20 Å². The minimum atomic E-state index is -3.83. The first-order chi connectivity index (χ1) is 7.71. The Hall–Kier alpha value is -0.600. The van der Waals surface area contributed by atoms with Gasteiger partial charge >= 0.3 is 0 Å². The number of nitrogens with zero attached hydrogens (tertiary/aromatic N) is 2. The summed E-state index contributed by atoms with van der Waals surface area (Å²) in [6, 6.07) is -0.299. The van der Waals surface area contributed by atoms with Crippen LogP contribution < -0.4 is 0 Å². The number of sulfone groups is 1. The largest absolute Gasteiger partial charge is 0.264 e. The highest BCUT2D eigenvalue weighted by Gasteiger charge is 2.32. The summed E-state index contributed by atoms with van der Waals surface area (Å²) < 4.78 is 46.5. The fourth-order valence-electron chi connectivity index (χ4n) is 1.98. The lowest BCUT2D eigenvalue weighted by atomic mass is 10.2. The molecular weight excluding hydrogens is 288 g/mol. The molecule has 6 nitrogen and oxygen atoms in total. The maximum absolute atomic E-state index is 11.3. The molecule has 0 bridgehead atoms. The highest BCUT2D eigenvalue weighted by molar-refractivity contribution is 8.13. The molecule has 2 rings (SSSR count). The summed E-state index contributed by atoms with van der Waals surface area (Å²) in [5.41, 5.74) is 0.377. The van der Waals surface area contributed by atoms with Gasteiger partial charge in [0.1, 0.15) is 4.90 Å². The summed E-state index contributed by atoms with van der Waals surface area (Å²) in [5, 5.41) is 3.92. The van der Waals surface area contributed by atoms with Crippen LogP contribution in [-0.2, 0) is 18.9 Å². The lowest BCUT2D eigenvalue weighted by Crippen LogP contribution is -2.14. The van der Waals surface area contributed by atoms with Crippen molar-refractivity contribution in [1.29, 1.82) is 0 Å². The molecule has 2 heterocycles. The second kappa shape index (κ2) is 3.96. The van der Waals surface area contributed by atoms with Gasteiger partial charge < -0.3 is 0 Å². The van der Waals surface area contributed by atoms with Crippen molar-refractivity contribution in [1.82, 2.24) is 9.78 Å². The standard InChI is InChI=1S/C8H11ClN2O4S2/c1-6-8(17(9,14)15)4-10-11(6)7-2-3-16(12,13)5-7/h4,7H,2-3,5H2,1H3. The van der Waals surface area contributed by atoms with Gasteiger partial charge in [0.25, 0.3) is 9.05 Å². The summed E-state index contributed by atoms with van der Waals surface area (Å²) in [6.45, 7) is 1.56. The SMILES string of the molecule is Cc1c(S(=O)(=O)Cl)cnn1C1CCS(=O)(=O)C1. The van der Waals surface area contributed by atoms with E-state index in [1.165, 1.54) is 4.68 Å². The quantitative estimate of drug-likeness (QED) is 0.741. The monoisotopic (exact) mass is 298 g/mol. The second-order valence-electron chi connectivity index (χ2n) is 4.03. The first-order valence-electron chi connectivity index (χ1n) is 4.90. The fourth-order valence-corrected chi connectivity index (χ4v) is 4.75. The van der Waals surface area contributed by atoms with Gasteiger partial charge in [-0.2, -0.15) is 5.10 Å². The third-order valence-electron chi connectivity index (χ3n) is 2.82. The van der Waals surface area contributed by atoms with Crippen LogP contribution in [0.2, 0.25) is 0 Å². The van der Waals surface area contributed by atoms with Crippen LogP contribution in [0.3, 0.4) is 0 Å². The van der Waals surface area contributed by atoms with Crippen molar-refractivity contribution < 1.29 is 16.8 Å². The molecule has 1 fully saturated rings. The molecule has 0 N–H and O–H groups in total. The average molecular weight is 299 g/mol. The van der Waals surface area contributed by atoms with Crippen LogP contribution in [0.4, 0.5) is 0 Å². The molecule has 0 aromatic carbocycles. The molecule has 0 saturated carbocycles. The van der Waals surface area contributed by atoms with Gasteiger partial charge in [-0.05, 0) is 13.3 Å². The number of rotatable bonds is 2. The lowest BCUT2D eigenvalue weighted by Gasteiger charge is -2.10. The van der Waals surface area contributed by atoms with Gasteiger partial charge in [-0.3, -0.25) is 4.68 Å². The van der Waals surface area contributed by atoms with Crippen LogP contribution in [0.25, 0.3) is 0 Å². The van der Waals surface area contributed by atoms with E-state index in [0.29, 0.717) is 12.1 Å². The van der Waals surface area contributed by atoms with Gasteiger partial charge in [-0.25, -0.2) is 16.8 Å². The molecule has 1 atom stereocenters. The molecule has 1 aliphatic rings. The summed E-state index contributed by atoms with van der Waals surface area (Å²) in [4.78, 5) is -0.0662. The van der Waals surface area contributed by atoms with Gasteiger partial charge in [0.2, 0.25) is 0 Å². The van der Waals surface area contributed by atoms with Gasteiger partial charge in [0.15, 0.2) is 9.84 Å². The maximum Gasteiger partial charge on any atom is 0.264 e. The minimum absolute atomic E-state index is 0.00269. The Bertz CT molecular complexity index is 647. The highest BCUT2D eigenvalue weighted by Crippen LogP contribution is 2.27. The molecule has 0 aliphatic carbocycles. The number of aromatic nitrogens is 2. The average Bonchev–Trinajstić information content (AvgIpc) is 2.67. The summed E-state index contributed by atoms with van der Waals surface area (Å²) >= 11 is 0. The topological polar surface area (TPSA) is 86.1 Å². The van der Waals surface area contributed by atoms with Crippen molar-refractivity contribution >= 4 is 29.6 Å². The molecule has 1 aromatic heterocycles. The smallest absolute Gasteiger partial charge is 0.264 e. The molecule has 0 amide bonds. The Morgan fingerprint density at radius 1 is 1.53 bits per heavy atom. The van der Waals surface area contributed by atoms with Crippen molar-refractivity contribution in [2.24, 2.45) is 0 Å². The van der Waals surface area contributed by atoms with E-state index in [9.17, 15) is 16.8 Å². The molecule has 1 unspecified atom stereocenters. The Balaban J connectivity index is 2.40. The number of hydrogen-bond donors (Lipinski definition) is 0. The van der Waals surface area contributed by atoms with Crippen LogP contribution in [0.15, 0.2) is 11.1 Å². The van der Waals surface area contributed by atoms with Gasteiger partial charge in [-0.1, -0.05) is 0 Å². The van der Waals surface area contributed by atoms with Crippen molar-refractivity contribution in [3.05, 3.63) is 11.9 Å². The van der Waals surface area contributed by atoms with E-state index >= 15 is 0 Å². The third kappa shape index (κ3) is 2.48. The maximum atomic E-state index is 11.3. The van der Waals surface area contributed by atoms with Crippen molar-refractivity contribution in [2.45, 2.75) is 24.3 Å². The Labute approximate surface area is 104 Å². The summed E-state index contributed by atoms with van der Waals surface area (Å²) in [5.74, 6) is 0.108. The molecule has 1 saturated heterocycles. The van der Waals surface area contributed by atoms with Crippen LogP contribution in [0, 0.1) is 6.92 Å².